The molecule has 1 aliphatic carbocycles. The van der Waals surface area contributed by atoms with Crippen LogP contribution in [0.2, 0.25) is 0 Å². The van der Waals surface area contributed by atoms with Crippen LogP contribution in [-0.4, -0.2) is 73.9 Å². The van der Waals surface area contributed by atoms with Crippen molar-refractivity contribution in [2.75, 3.05) is 30.4 Å². The van der Waals surface area contributed by atoms with Gasteiger partial charge in [0.1, 0.15) is 22.3 Å². The van der Waals surface area contributed by atoms with Crippen molar-refractivity contribution in [3.8, 4) is 5.75 Å². The van der Waals surface area contributed by atoms with Crippen molar-refractivity contribution in [1.29, 1.82) is 0 Å². The number of anilines is 2. The number of benzene rings is 1. The largest absolute Gasteiger partial charge is 0.492 e. The van der Waals surface area contributed by atoms with E-state index in [0.717, 1.165) is 66.8 Å². The molecule has 1 aliphatic heterocycles. The highest BCUT2D eigenvalue weighted by Crippen LogP contribution is 2.37. The molecule has 0 atom stereocenters. The first kappa shape index (κ1) is 28.8. The number of nitrogens with one attached hydrogen (secondary N) is 1. The molecule has 2 fully saturated rings. The number of methoxy groups -OCH3 is 1. The first-order valence-electron chi connectivity index (χ1n) is 15.0. The van der Waals surface area contributed by atoms with Gasteiger partial charge in [-0.1, -0.05) is 0 Å². The molecule has 3 aromatic heterocycles. The molecule has 2 amide bonds. The maximum atomic E-state index is 13.7. The van der Waals surface area contributed by atoms with Gasteiger partial charge in [0.15, 0.2) is 5.75 Å². The Morgan fingerprint density at radius 2 is 1.72 bits per heavy atom. The van der Waals surface area contributed by atoms with Gasteiger partial charge in [-0.15, -0.1) is 0 Å². The lowest BCUT2D eigenvalue weighted by molar-refractivity contribution is 0.0114. The summed E-state index contributed by atoms with van der Waals surface area (Å²) in [4.78, 5) is 35.6. The molecule has 43 heavy (non-hydrogen) atoms. The molecule has 0 unspecified atom stereocenters. The molecule has 0 radical (unpaired) electrons. The van der Waals surface area contributed by atoms with Crippen LogP contribution < -0.4 is 15.0 Å². The van der Waals surface area contributed by atoms with Crippen molar-refractivity contribution in [2.45, 2.75) is 78.0 Å². The van der Waals surface area contributed by atoms with Crippen LogP contribution >= 0.6 is 0 Å². The zero-order chi connectivity index (χ0) is 30.6. The van der Waals surface area contributed by atoms with Crippen LogP contribution in [0.25, 0.3) is 16.4 Å². The van der Waals surface area contributed by atoms with Crippen molar-refractivity contribution in [1.82, 2.24) is 24.1 Å². The highest BCUT2D eigenvalue weighted by molar-refractivity contribution is 6.14. The maximum Gasteiger partial charge on any atom is 0.410 e. The lowest BCUT2D eigenvalue weighted by Crippen LogP contribution is -2.50. The summed E-state index contributed by atoms with van der Waals surface area (Å²) in [7, 11) is 3.46. The topological polar surface area (TPSA) is 106 Å². The summed E-state index contributed by atoms with van der Waals surface area (Å²) in [6.07, 6.45) is 9.33. The minimum atomic E-state index is -0.514. The van der Waals surface area contributed by atoms with E-state index in [1.807, 2.05) is 81.7 Å². The summed E-state index contributed by atoms with van der Waals surface area (Å²) in [5, 5.41) is 8.66. The molecule has 1 saturated carbocycles. The van der Waals surface area contributed by atoms with E-state index in [2.05, 4.69) is 20.3 Å². The minimum absolute atomic E-state index is 0.156. The highest BCUT2D eigenvalue weighted by atomic mass is 16.6. The van der Waals surface area contributed by atoms with E-state index in [1.165, 1.54) is 0 Å². The molecule has 4 aromatic rings. The molecule has 1 saturated heterocycles. The number of fused-ring (bicyclic) bond motifs is 2. The summed E-state index contributed by atoms with van der Waals surface area (Å²) in [6, 6.07) is 4.30. The van der Waals surface area contributed by atoms with Crippen molar-refractivity contribution >= 4 is 39.8 Å². The Bertz CT molecular complexity index is 1700. The molecule has 1 aromatic carbocycles. The summed E-state index contributed by atoms with van der Waals surface area (Å²) in [6.45, 7) is 11.2. The van der Waals surface area contributed by atoms with Crippen molar-refractivity contribution in [3.05, 3.63) is 47.7 Å². The van der Waals surface area contributed by atoms with Gasteiger partial charge in [-0.2, -0.15) is 5.10 Å². The number of carbonyl (C=O) groups is 2. The van der Waals surface area contributed by atoms with Gasteiger partial charge in [0.2, 0.25) is 0 Å². The predicted molar refractivity (Wildman–Crippen MR) is 166 cm³/mol. The Kier molecular flexibility index (Phi) is 7.22. The second kappa shape index (κ2) is 10.8. The van der Waals surface area contributed by atoms with E-state index < -0.39 is 5.60 Å². The van der Waals surface area contributed by atoms with Gasteiger partial charge in [0, 0.05) is 61.9 Å². The fourth-order valence-corrected chi connectivity index (χ4v) is 6.31. The van der Waals surface area contributed by atoms with Crippen LogP contribution in [0.3, 0.4) is 0 Å². The fourth-order valence-electron chi connectivity index (χ4n) is 6.31. The lowest BCUT2D eigenvalue weighted by Gasteiger charge is -2.40. The van der Waals surface area contributed by atoms with Crippen molar-refractivity contribution < 1.29 is 19.1 Å². The normalized spacial score (nSPS) is 16.1. The number of rotatable bonds is 6. The van der Waals surface area contributed by atoms with E-state index in [9.17, 15) is 9.59 Å². The Morgan fingerprint density at radius 1 is 1.02 bits per heavy atom. The van der Waals surface area contributed by atoms with E-state index in [0.29, 0.717) is 22.5 Å². The van der Waals surface area contributed by atoms with Gasteiger partial charge < -0.3 is 29.0 Å². The third kappa shape index (κ3) is 5.60. The van der Waals surface area contributed by atoms with Crippen molar-refractivity contribution in [3.63, 3.8) is 0 Å². The maximum absolute atomic E-state index is 13.7. The molecule has 6 rings (SSSR count). The van der Waals surface area contributed by atoms with Crippen LogP contribution in [0.1, 0.15) is 68.2 Å². The number of amides is 2. The number of nitrogens with zero attached hydrogens (tertiary/aromatic N) is 6. The zero-order valence-electron chi connectivity index (χ0n) is 26.1. The van der Waals surface area contributed by atoms with Gasteiger partial charge in [-0.25, -0.2) is 4.79 Å². The van der Waals surface area contributed by atoms with Crippen LogP contribution in [0.15, 0.2) is 30.7 Å². The molecule has 228 valence electrons. The van der Waals surface area contributed by atoms with Crippen molar-refractivity contribution in [2.24, 2.45) is 7.05 Å². The zero-order valence-corrected chi connectivity index (χ0v) is 26.1. The Morgan fingerprint density at radius 3 is 2.37 bits per heavy atom. The average molecular weight is 588 g/mol. The molecular weight excluding hydrogens is 546 g/mol. The SMILES string of the molecule is COc1c(NC(=O)c2ccc(N3CCC(N(C(=O)OC(C)(C)C)C4CC4)CC3)c3cn(C)nc23)cn2cc(C)nc(C)c12. The number of hydrogen-bond acceptors (Lipinski definition) is 7. The van der Waals surface area contributed by atoms with Gasteiger partial charge in [-0.3, -0.25) is 14.5 Å². The molecule has 2 aliphatic rings. The Labute approximate surface area is 251 Å². The summed E-state index contributed by atoms with van der Waals surface area (Å²) in [5.74, 6) is 0.310. The monoisotopic (exact) mass is 587 g/mol. The van der Waals surface area contributed by atoms with Crippen LogP contribution in [0.5, 0.6) is 5.75 Å². The first-order chi connectivity index (χ1) is 20.4. The van der Waals surface area contributed by atoms with Gasteiger partial charge in [0.05, 0.1) is 24.1 Å². The third-order valence-corrected chi connectivity index (χ3v) is 8.21. The minimum Gasteiger partial charge on any atom is -0.492 e. The number of aryl methyl sites for hydroxylation is 3. The number of aromatic nitrogens is 4. The first-order valence-corrected chi connectivity index (χ1v) is 15.0. The molecule has 1 N–H and O–H groups in total. The smallest absolute Gasteiger partial charge is 0.410 e. The Balaban J connectivity index is 1.23. The van der Waals surface area contributed by atoms with E-state index in [-0.39, 0.29) is 24.1 Å². The van der Waals surface area contributed by atoms with E-state index in [1.54, 1.807) is 11.8 Å². The summed E-state index contributed by atoms with van der Waals surface area (Å²) < 4.78 is 15.1. The number of carbonyl (C=O) groups excluding carboxylic acids is 2. The van der Waals surface area contributed by atoms with Gasteiger partial charge >= 0.3 is 6.09 Å². The molecule has 11 nitrogen and oxygen atoms in total. The van der Waals surface area contributed by atoms with Crippen LogP contribution in [0.4, 0.5) is 16.2 Å². The van der Waals surface area contributed by atoms with Gasteiger partial charge in [-0.05, 0) is 72.4 Å². The highest BCUT2D eigenvalue weighted by Gasteiger charge is 2.41. The second-order valence-corrected chi connectivity index (χ2v) is 12.8. The Hall–Kier alpha value is -4.28. The molecule has 0 bridgehead atoms. The van der Waals surface area contributed by atoms with Crippen LogP contribution in [0, 0.1) is 13.8 Å². The predicted octanol–water partition coefficient (Wildman–Crippen LogP) is 5.47. The molecule has 11 heteroatoms. The molecule has 0 spiro atoms. The standard InChI is InChI=1S/C32H41N7O4/c1-19-16-38-18-25(29(42-7)28(38)20(2)33-19)34-30(40)23-10-11-26(24-17-36(6)35-27(23)24)37-14-12-22(13-15-37)39(21-8-9-21)31(41)43-32(3,4)5/h10-11,16-18,21-22H,8-9,12-15H2,1-7H3,(H,34,40). The average Bonchev–Trinajstić information content (AvgIpc) is 3.57. The quantitative estimate of drug-likeness (QED) is 0.319. The third-order valence-electron chi connectivity index (χ3n) is 8.21. The fraction of sp³-hybridized carbons (Fsp3) is 0.500. The second-order valence-electron chi connectivity index (χ2n) is 12.8. The number of hydrogen-bond donors (Lipinski definition) is 1. The molecular formula is C32H41N7O4. The van der Waals surface area contributed by atoms with E-state index >= 15 is 0 Å². The van der Waals surface area contributed by atoms with E-state index in [4.69, 9.17) is 9.47 Å². The van der Waals surface area contributed by atoms with Gasteiger partial charge in [0.25, 0.3) is 5.91 Å². The number of ether oxygens (including phenoxy) is 2. The lowest BCUT2D eigenvalue weighted by atomic mass is 10.0. The van der Waals surface area contributed by atoms with Crippen LogP contribution in [-0.2, 0) is 11.8 Å². The summed E-state index contributed by atoms with van der Waals surface area (Å²) >= 11 is 0. The molecule has 4 heterocycles. The number of piperidine rings is 1. The summed E-state index contributed by atoms with van der Waals surface area (Å²) in [5.41, 5.74) is 4.75.